The maximum absolute atomic E-state index is 12.1. The number of carbonyl (C=O) groups is 2. The van der Waals surface area contributed by atoms with Gasteiger partial charge in [-0.15, -0.1) is 11.3 Å². The van der Waals surface area contributed by atoms with Gasteiger partial charge < -0.3 is 11.1 Å². The fourth-order valence-electron chi connectivity index (χ4n) is 3.16. The quantitative estimate of drug-likeness (QED) is 0.874. The number of hydrogen-bond acceptors (Lipinski definition) is 4. The normalized spacial score (nSPS) is 17.3. The molecule has 6 heteroatoms. The number of rotatable bonds is 5. The number of nitrogens with zero attached hydrogens (tertiary/aromatic N) is 1. The third-order valence-electron chi connectivity index (χ3n) is 4.36. The smallest absolute Gasteiger partial charge is 0.261 e. The lowest BCUT2D eigenvalue weighted by atomic mass is 9.98. The Hall–Kier alpha value is -2.18. The Bertz CT molecular complexity index is 680. The summed E-state index contributed by atoms with van der Waals surface area (Å²) in [6, 6.07) is 13.1. The van der Waals surface area contributed by atoms with E-state index in [-0.39, 0.29) is 17.9 Å². The van der Waals surface area contributed by atoms with Crippen molar-refractivity contribution in [2.75, 3.05) is 13.1 Å². The van der Waals surface area contributed by atoms with Crippen molar-refractivity contribution in [2.24, 2.45) is 5.73 Å². The molecule has 1 aliphatic heterocycles. The van der Waals surface area contributed by atoms with Gasteiger partial charge in [-0.1, -0.05) is 36.4 Å². The highest BCUT2D eigenvalue weighted by Gasteiger charge is 2.30. The van der Waals surface area contributed by atoms with Crippen LogP contribution < -0.4 is 11.1 Å². The molecular formula is C18H21N3O2S. The molecule has 1 fully saturated rings. The van der Waals surface area contributed by atoms with E-state index in [0.29, 0.717) is 0 Å². The summed E-state index contributed by atoms with van der Waals surface area (Å²) in [5.41, 5.74) is 6.55. The number of piperidine rings is 1. The molecule has 0 aliphatic carbocycles. The molecule has 1 atom stereocenters. The van der Waals surface area contributed by atoms with E-state index in [1.54, 1.807) is 0 Å². The molecule has 2 aromatic rings. The first-order valence-corrected chi connectivity index (χ1v) is 8.96. The Balaban J connectivity index is 1.59. The monoisotopic (exact) mass is 343 g/mol. The van der Waals surface area contributed by atoms with Crippen LogP contribution in [0.4, 0.5) is 0 Å². The van der Waals surface area contributed by atoms with Gasteiger partial charge in [-0.25, -0.2) is 0 Å². The summed E-state index contributed by atoms with van der Waals surface area (Å²) >= 11 is 1.44. The molecule has 0 spiro atoms. The molecule has 0 saturated carbocycles. The SMILES string of the molecule is NC(=O)C(c1ccccc1)N1CCC(NC(=O)c2cccs2)CC1. The molecule has 3 N–H and O–H groups in total. The van der Waals surface area contributed by atoms with Gasteiger partial charge in [0.2, 0.25) is 5.91 Å². The zero-order chi connectivity index (χ0) is 16.9. The molecule has 1 aromatic heterocycles. The summed E-state index contributed by atoms with van der Waals surface area (Å²) in [4.78, 5) is 26.9. The van der Waals surface area contributed by atoms with Crippen LogP contribution in [0.1, 0.15) is 34.1 Å². The van der Waals surface area contributed by atoms with Gasteiger partial charge in [0, 0.05) is 19.1 Å². The fourth-order valence-corrected chi connectivity index (χ4v) is 3.78. The van der Waals surface area contributed by atoms with Crippen LogP contribution in [0.2, 0.25) is 0 Å². The number of nitrogens with one attached hydrogen (secondary N) is 1. The molecule has 2 amide bonds. The predicted molar refractivity (Wildman–Crippen MR) is 94.8 cm³/mol. The maximum Gasteiger partial charge on any atom is 0.261 e. The minimum absolute atomic E-state index is 0.0158. The Labute approximate surface area is 145 Å². The first kappa shape index (κ1) is 16.7. The van der Waals surface area contributed by atoms with E-state index in [2.05, 4.69) is 10.2 Å². The van der Waals surface area contributed by atoms with Crippen molar-refractivity contribution >= 4 is 23.2 Å². The summed E-state index contributed by atoms with van der Waals surface area (Å²) in [5.74, 6) is -0.347. The standard InChI is InChI=1S/C18H21N3O2S/c19-17(22)16(13-5-2-1-3-6-13)21-10-8-14(9-11-21)20-18(23)15-7-4-12-24-15/h1-7,12,14,16H,8-11H2,(H2,19,22)(H,20,23). The van der Waals surface area contributed by atoms with Gasteiger partial charge in [0.05, 0.1) is 4.88 Å². The molecule has 1 aliphatic rings. The van der Waals surface area contributed by atoms with E-state index in [1.165, 1.54) is 11.3 Å². The number of benzene rings is 1. The van der Waals surface area contributed by atoms with Gasteiger partial charge in [-0.3, -0.25) is 14.5 Å². The van der Waals surface area contributed by atoms with Gasteiger partial charge >= 0.3 is 0 Å². The van der Waals surface area contributed by atoms with Gasteiger partial charge in [0.25, 0.3) is 5.91 Å². The Morgan fingerprint density at radius 2 is 1.83 bits per heavy atom. The van der Waals surface area contributed by atoms with Crippen molar-refractivity contribution in [1.29, 1.82) is 0 Å². The van der Waals surface area contributed by atoms with Crippen LogP contribution in [0.3, 0.4) is 0 Å². The largest absolute Gasteiger partial charge is 0.368 e. The number of carbonyl (C=O) groups excluding carboxylic acids is 2. The highest BCUT2D eigenvalue weighted by atomic mass is 32.1. The zero-order valence-corrected chi connectivity index (χ0v) is 14.2. The van der Waals surface area contributed by atoms with E-state index in [9.17, 15) is 9.59 Å². The lowest BCUT2D eigenvalue weighted by Gasteiger charge is -2.36. The molecule has 126 valence electrons. The number of hydrogen-bond donors (Lipinski definition) is 2. The number of nitrogens with two attached hydrogens (primary N) is 1. The van der Waals surface area contributed by atoms with E-state index >= 15 is 0 Å². The number of amides is 2. The molecular weight excluding hydrogens is 322 g/mol. The highest BCUT2D eigenvalue weighted by molar-refractivity contribution is 7.12. The summed E-state index contributed by atoms with van der Waals surface area (Å²) in [7, 11) is 0. The van der Waals surface area contributed by atoms with E-state index in [1.807, 2.05) is 47.8 Å². The lowest BCUT2D eigenvalue weighted by molar-refractivity contribution is -0.124. The van der Waals surface area contributed by atoms with Crippen molar-refractivity contribution in [3.63, 3.8) is 0 Å². The van der Waals surface area contributed by atoms with E-state index in [4.69, 9.17) is 5.73 Å². The van der Waals surface area contributed by atoms with Gasteiger partial charge in [0.15, 0.2) is 0 Å². The van der Waals surface area contributed by atoms with Crippen molar-refractivity contribution in [2.45, 2.75) is 24.9 Å². The van der Waals surface area contributed by atoms with Crippen molar-refractivity contribution < 1.29 is 9.59 Å². The molecule has 5 nitrogen and oxygen atoms in total. The number of likely N-dealkylation sites (tertiary alicyclic amines) is 1. The second-order valence-corrected chi connectivity index (χ2v) is 6.92. The minimum Gasteiger partial charge on any atom is -0.368 e. The van der Waals surface area contributed by atoms with Crippen molar-refractivity contribution in [1.82, 2.24) is 10.2 Å². The molecule has 3 rings (SSSR count). The second-order valence-electron chi connectivity index (χ2n) is 5.98. The van der Waals surface area contributed by atoms with Crippen LogP contribution in [0.5, 0.6) is 0 Å². The van der Waals surface area contributed by atoms with Crippen molar-refractivity contribution in [3.05, 3.63) is 58.3 Å². The highest BCUT2D eigenvalue weighted by Crippen LogP contribution is 2.24. The van der Waals surface area contributed by atoms with Crippen LogP contribution in [0, 0.1) is 0 Å². The maximum atomic E-state index is 12.1. The van der Waals surface area contributed by atoms with E-state index in [0.717, 1.165) is 36.4 Å². The fraction of sp³-hybridized carbons (Fsp3) is 0.333. The van der Waals surface area contributed by atoms with Crippen LogP contribution in [-0.4, -0.2) is 35.8 Å². The molecule has 1 unspecified atom stereocenters. The second kappa shape index (κ2) is 7.59. The topological polar surface area (TPSA) is 75.4 Å². The van der Waals surface area contributed by atoms with Crippen LogP contribution in [-0.2, 0) is 4.79 Å². The van der Waals surface area contributed by atoms with Gasteiger partial charge in [0.1, 0.15) is 6.04 Å². The third-order valence-corrected chi connectivity index (χ3v) is 5.23. The Kier molecular flexibility index (Phi) is 5.27. The Morgan fingerprint density at radius 3 is 2.42 bits per heavy atom. The minimum atomic E-state index is -0.403. The third kappa shape index (κ3) is 3.83. The van der Waals surface area contributed by atoms with Gasteiger partial charge in [-0.05, 0) is 29.9 Å². The lowest BCUT2D eigenvalue weighted by Crippen LogP contribution is -2.48. The average Bonchev–Trinajstić information content (AvgIpc) is 3.12. The number of primary amides is 1. The molecule has 1 saturated heterocycles. The average molecular weight is 343 g/mol. The predicted octanol–water partition coefficient (Wildman–Crippen LogP) is 2.17. The molecule has 0 bridgehead atoms. The molecule has 24 heavy (non-hydrogen) atoms. The number of thiophene rings is 1. The molecule has 0 radical (unpaired) electrons. The van der Waals surface area contributed by atoms with Crippen LogP contribution in [0.25, 0.3) is 0 Å². The zero-order valence-electron chi connectivity index (χ0n) is 13.4. The Morgan fingerprint density at radius 1 is 1.12 bits per heavy atom. The summed E-state index contributed by atoms with van der Waals surface area (Å²) in [5, 5.41) is 4.98. The summed E-state index contributed by atoms with van der Waals surface area (Å²) in [6.07, 6.45) is 1.63. The van der Waals surface area contributed by atoms with E-state index < -0.39 is 6.04 Å². The van der Waals surface area contributed by atoms with Gasteiger partial charge in [-0.2, -0.15) is 0 Å². The summed E-state index contributed by atoms with van der Waals surface area (Å²) in [6.45, 7) is 1.47. The van der Waals surface area contributed by atoms with Crippen molar-refractivity contribution in [3.8, 4) is 0 Å². The first-order valence-electron chi connectivity index (χ1n) is 8.08. The first-order chi connectivity index (χ1) is 11.6. The van der Waals surface area contributed by atoms with Crippen LogP contribution in [0.15, 0.2) is 47.8 Å². The summed E-state index contributed by atoms with van der Waals surface area (Å²) < 4.78 is 0. The molecule has 1 aromatic carbocycles. The molecule has 2 heterocycles. The van der Waals surface area contributed by atoms with Crippen LogP contribution >= 0.6 is 11.3 Å².